The molecule has 1 aromatic rings. The number of benzene rings is 1. The summed E-state index contributed by atoms with van der Waals surface area (Å²) < 4.78 is 9.74. The van der Waals surface area contributed by atoms with Crippen LogP contribution in [-0.2, 0) is 19.1 Å². The van der Waals surface area contributed by atoms with Gasteiger partial charge in [0.05, 0.1) is 25.7 Å². The molecule has 0 aromatic heterocycles. The smallest absolute Gasteiger partial charge is 0.337 e. The number of hydrogen-bond acceptors (Lipinski definition) is 6. The third-order valence-electron chi connectivity index (χ3n) is 4.27. The number of rotatable bonds is 7. The van der Waals surface area contributed by atoms with Crippen LogP contribution in [0.4, 0.5) is 0 Å². The number of methoxy groups -OCH3 is 1. The molecule has 8 heteroatoms. The fourth-order valence-corrected chi connectivity index (χ4v) is 2.74. The van der Waals surface area contributed by atoms with E-state index in [1.54, 1.807) is 0 Å². The number of carbonyl (C=O) groups excluding carboxylic acids is 4. The van der Waals surface area contributed by atoms with E-state index in [0.29, 0.717) is 24.3 Å². The zero-order valence-electron chi connectivity index (χ0n) is 15.5. The van der Waals surface area contributed by atoms with Gasteiger partial charge in [-0.05, 0) is 30.7 Å². The predicted octanol–water partition coefficient (Wildman–Crippen LogP) is 1.15. The van der Waals surface area contributed by atoms with Crippen molar-refractivity contribution >= 4 is 23.8 Å². The Morgan fingerprint density at radius 3 is 2.48 bits per heavy atom. The standard InChI is InChI=1S/C19H24N2O6/c1-3-4-11-27-16(22)12-15-17(23)20-9-10-21(15)18(24)13-5-7-14(8-6-13)19(25)26-2/h5-8,15H,3-4,9-12H2,1-2H3,(H,20,23). The first-order valence-corrected chi connectivity index (χ1v) is 8.90. The van der Waals surface area contributed by atoms with E-state index in [0.717, 1.165) is 12.8 Å². The van der Waals surface area contributed by atoms with Crippen LogP contribution in [0.2, 0.25) is 0 Å². The Kier molecular flexibility index (Phi) is 7.34. The van der Waals surface area contributed by atoms with Gasteiger partial charge in [-0.3, -0.25) is 14.4 Å². The highest BCUT2D eigenvalue weighted by Crippen LogP contribution is 2.16. The molecule has 1 aliphatic heterocycles. The number of unbranched alkanes of at least 4 members (excludes halogenated alkanes) is 1. The maximum absolute atomic E-state index is 12.8. The second-order valence-electron chi connectivity index (χ2n) is 6.15. The average Bonchev–Trinajstić information content (AvgIpc) is 2.68. The van der Waals surface area contributed by atoms with Crippen molar-refractivity contribution in [3.05, 3.63) is 35.4 Å². The molecule has 0 radical (unpaired) electrons. The highest BCUT2D eigenvalue weighted by molar-refractivity contribution is 6.00. The summed E-state index contributed by atoms with van der Waals surface area (Å²) >= 11 is 0. The summed E-state index contributed by atoms with van der Waals surface area (Å²) in [6.45, 7) is 2.88. The largest absolute Gasteiger partial charge is 0.466 e. The minimum Gasteiger partial charge on any atom is -0.466 e. The van der Waals surface area contributed by atoms with E-state index < -0.39 is 18.0 Å². The molecule has 27 heavy (non-hydrogen) atoms. The molecule has 1 aromatic carbocycles. The molecule has 1 atom stereocenters. The second-order valence-corrected chi connectivity index (χ2v) is 6.15. The summed E-state index contributed by atoms with van der Waals surface area (Å²) in [6, 6.07) is 5.05. The minimum atomic E-state index is -0.916. The van der Waals surface area contributed by atoms with Gasteiger partial charge >= 0.3 is 11.9 Å². The van der Waals surface area contributed by atoms with Crippen molar-refractivity contribution in [3.8, 4) is 0 Å². The topological polar surface area (TPSA) is 102 Å². The molecule has 0 saturated carbocycles. The van der Waals surface area contributed by atoms with Gasteiger partial charge in [0.15, 0.2) is 0 Å². The molecule has 1 unspecified atom stereocenters. The van der Waals surface area contributed by atoms with Gasteiger partial charge in [-0.1, -0.05) is 13.3 Å². The van der Waals surface area contributed by atoms with Crippen LogP contribution in [-0.4, -0.2) is 61.5 Å². The van der Waals surface area contributed by atoms with Crippen LogP contribution in [0.1, 0.15) is 46.9 Å². The van der Waals surface area contributed by atoms with Crippen LogP contribution in [0, 0.1) is 0 Å². The third-order valence-corrected chi connectivity index (χ3v) is 4.27. The summed E-state index contributed by atoms with van der Waals surface area (Å²) in [5.74, 6) is -1.77. The van der Waals surface area contributed by atoms with Gasteiger partial charge in [0, 0.05) is 18.7 Å². The Labute approximate surface area is 157 Å². The highest BCUT2D eigenvalue weighted by atomic mass is 16.5. The molecule has 0 bridgehead atoms. The first-order valence-electron chi connectivity index (χ1n) is 8.90. The van der Waals surface area contributed by atoms with Gasteiger partial charge < -0.3 is 19.7 Å². The Balaban J connectivity index is 2.10. The summed E-state index contributed by atoms with van der Waals surface area (Å²) in [7, 11) is 1.28. The molecule has 2 amide bonds. The van der Waals surface area contributed by atoms with Crippen molar-refractivity contribution in [2.24, 2.45) is 0 Å². The molecule has 1 N–H and O–H groups in total. The maximum Gasteiger partial charge on any atom is 0.337 e. The lowest BCUT2D eigenvalue weighted by Gasteiger charge is -2.34. The number of esters is 2. The quantitative estimate of drug-likeness (QED) is 0.566. The molecule has 0 spiro atoms. The summed E-state index contributed by atoms with van der Waals surface area (Å²) in [6.07, 6.45) is 1.45. The molecule has 1 aliphatic rings. The zero-order valence-corrected chi connectivity index (χ0v) is 15.5. The van der Waals surface area contributed by atoms with Crippen LogP contribution in [0.25, 0.3) is 0 Å². The lowest BCUT2D eigenvalue weighted by molar-refractivity contribution is -0.147. The first-order chi connectivity index (χ1) is 13.0. The number of piperazine rings is 1. The van der Waals surface area contributed by atoms with Crippen molar-refractivity contribution < 1.29 is 28.7 Å². The monoisotopic (exact) mass is 376 g/mol. The van der Waals surface area contributed by atoms with E-state index >= 15 is 0 Å². The second kappa shape index (κ2) is 9.70. The Hall–Kier alpha value is -2.90. The third kappa shape index (κ3) is 5.29. The van der Waals surface area contributed by atoms with Gasteiger partial charge in [0.1, 0.15) is 6.04 Å². The van der Waals surface area contributed by atoms with Crippen LogP contribution < -0.4 is 5.32 Å². The number of nitrogens with one attached hydrogen (secondary N) is 1. The molecule has 0 aliphatic carbocycles. The first kappa shape index (κ1) is 20.4. The summed E-state index contributed by atoms with van der Waals surface area (Å²) in [5.41, 5.74) is 0.642. The van der Waals surface area contributed by atoms with Crippen LogP contribution in [0.15, 0.2) is 24.3 Å². The molecule has 1 fully saturated rings. The van der Waals surface area contributed by atoms with Crippen molar-refractivity contribution in [2.45, 2.75) is 32.2 Å². The van der Waals surface area contributed by atoms with Crippen LogP contribution >= 0.6 is 0 Å². The van der Waals surface area contributed by atoms with Crippen molar-refractivity contribution in [2.75, 3.05) is 26.8 Å². The molecule has 146 valence electrons. The fourth-order valence-electron chi connectivity index (χ4n) is 2.74. The molecular formula is C19H24N2O6. The highest BCUT2D eigenvalue weighted by Gasteiger charge is 2.35. The van der Waals surface area contributed by atoms with Gasteiger partial charge in [-0.15, -0.1) is 0 Å². The molecule has 2 rings (SSSR count). The average molecular weight is 376 g/mol. The fraction of sp³-hybridized carbons (Fsp3) is 0.474. The van der Waals surface area contributed by atoms with Gasteiger partial charge in [0.25, 0.3) is 5.91 Å². The van der Waals surface area contributed by atoms with E-state index in [-0.39, 0.29) is 24.8 Å². The number of ether oxygens (including phenoxy) is 2. The van der Waals surface area contributed by atoms with Crippen molar-refractivity contribution in [1.29, 1.82) is 0 Å². The maximum atomic E-state index is 12.8. The molecule has 1 heterocycles. The number of carbonyl (C=O) groups is 4. The van der Waals surface area contributed by atoms with E-state index in [1.807, 2.05) is 6.92 Å². The Morgan fingerprint density at radius 1 is 1.19 bits per heavy atom. The molecule has 1 saturated heterocycles. The zero-order chi connectivity index (χ0) is 19.8. The minimum absolute atomic E-state index is 0.193. The number of amides is 2. The van der Waals surface area contributed by atoms with Gasteiger partial charge in [-0.25, -0.2) is 4.79 Å². The van der Waals surface area contributed by atoms with E-state index in [9.17, 15) is 19.2 Å². The van der Waals surface area contributed by atoms with E-state index in [2.05, 4.69) is 10.1 Å². The lowest BCUT2D eigenvalue weighted by atomic mass is 10.1. The Morgan fingerprint density at radius 2 is 1.85 bits per heavy atom. The number of hydrogen-bond donors (Lipinski definition) is 1. The van der Waals surface area contributed by atoms with Crippen molar-refractivity contribution in [1.82, 2.24) is 10.2 Å². The van der Waals surface area contributed by atoms with Gasteiger partial charge in [-0.2, -0.15) is 0 Å². The van der Waals surface area contributed by atoms with Crippen LogP contribution in [0.5, 0.6) is 0 Å². The molecular weight excluding hydrogens is 352 g/mol. The molecule has 8 nitrogen and oxygen atoms in total. The lowest BCUT2D eigenvalue weighted by Crippen LogP contribution is -2.57. The van der Waals surface area contributed by atoms with Crippen molar-refractivity contribution in [3.63, 3.8) is 0 Å². The number of nitrogens with zero attached hydrogens (tertiary/aromatic N) is 1. The van der Waals surface area contributed by atoms with E-state index in [4.69, 9.17) is 4.74 Å². The predicted molar refractivity (Wildman–Crippen MR) is 96.1 cm³/mol. The van der Waals surface area contributed by atoms with Crippen LogP contribution in [0.3, 0.4) is 0 Å². The Bertz CT molecular complexity index is 701. The van der Waals surface area contributed by atoms with Gasteiger partial charge in [0.2, 0.25) is 5.91 Å². The SMILES string of the molecule is CCCCOC(=O)CC1C(=O)NCCN1C(=O)c1ccc(C(=O)OC)cc1. The summed E-state index contributed by atoms with van der Waals surface area (Å²) in [5, 5.41) is 2.67. The normalized spacial score (nSPS) is 16.4. The van der Waals surface area contributed by atoms with E-state index in [1.165, 1.54) is 36.3 Å². The summed E-state index contributed by atoms with van der Waals surface area (Å²) in [4.78, 5) is 49.9.